The highest BCUT2D eigenvalue weighted by Gasteiger charge is 2.24. The van der Waals surface area contributed by atoms with Gasteiger partial charge in [-0.2, -0.15) is 0 Å². The molecule has 0 aromatic heterocycles. The summed E-state index contributed by atoms with van der Waals surface area (Å²) in [5.41, 5.74) is 6.35. The highest BCUT2D eigenvalue weighted by molar-refractivity contribution is 7.89. The minimum Gasteiger partial charge on any atom is -0.339 e. The molecule has 0 atom stereocenters. The third-order valence-electron chi connectivity index (χ3n) is 4.56. The number of nitrogens with two attached hydrogens (primary N) is 1. The van der Waals surface area contributed by atoms with E-state index in [2.05, 4.69) is 4.72 Å². The normalized spacial score (nSPS) is 20.6. The number of hydrogen-bond donors (Lipinski definition) is 2. The number of nitrogens with one attached hydrogen (secondary N) is 1. The number of nitrogens with zero attached hydrogens (tertiary/aromatic N) is 1. The molecule has 1 aliphatic carbocycles. The standard InChI is InChI=1S/C17H27N3O3S.ClH/c1-3-20(4-2)17(21)13-5-11-16(12-6-13)24(22,23)19-15-9-7-14(18)8-10-15;/h5-6,11-12,14-15,19H,3-4,7-10,18H2,1-2H3;1H. The third kappa shape index (κ3) is 5.67. The van der Waals surface area contributed by atoms with Gasteiger partial charge in [0, 0.05) is 30.7 Å². The van der Waals surface area contributed by atoms with Gasteiger partial charge in [-0.1, -0.05) is 0 Å². The van der Waals surface area contributed by atoms with Gasteiger partial charge in [0.2, 0.25) is 10.0 Å². The van der Waals surface area contributed by atoms with Crippen molar-refractivity contribution in [3.8, 4) is 0 Å². The zero-order valence-electron chi connectivity index (χ0n) is 14.8. The summed E-state index contributed by atoms with van der Waals surface area (Å²) in [6.07, 6.45) is 3.20. The second kappa shape index (κ2) is 9.52. The van der Waals surface area contributed by atoms with Gasteiger partial charge in [-0.3, -0.25) is 4.79 Å². The molecule has 0 aliphatic heterocycles. The average Bonchev–Trinajstić information content (AvgIpc) is 2.58. The lowest BCUT2D eigenvalue weighted by atomic mass is 9.93. The van der Waals surface area contributed by atoms with Crippen molar-refractivity contribution in [2.24, 2.45) is 5.73 Å². The van der Waals surface area contributed by atoms with E-state index < -0.39 is 10.0 Å². The van der Waals surface area contributed by atoms with Crippen LogP contribution in [-0.4, -0.2) is 44.4 Å². The number of halogens is 1. The first-order valence-electron chi connectivity index (χ1n) is 8.54. The van der Waals surface area contributed by atoms with E-state index in [1.807, 2.05) is 13.8 Å². The first-order chi connectivity index (χ1) is 11.4. The largest absolute Gasteiger partial charge is 0.339 e. The number of rotatable bonds is 6. The molecule has 6 nitrogen and oxygen atoms in total. The molecule has 0 unspecified atom stereocenters. The predicted octanol–water partition coefficient (Wildman–Crippen LogP) is 2.14. The summed E-state index contributed by atoms with van der Waals surface area (Å²) >= 11 is 0. The minimum atomic E-state index is -3.57. The van der Waals surface area contributed by atoms with Crippen LogP contribution in [0, 0.1) is 0 Å². The SMILES string of the molecule is CCN(CC)C(=O)c1ccc(S(=O)(=O)NC2CCC(N)CC2)cc1.Cl. The van der Waals surface area contributed by atoms with E-state index in [1.54, 1.807) is 17.0 Å². The summed E-state index contributed by atoms with van der Waals surface area (Å²) in [5.74, 6) is -0.0850. The van der Waals surface area contributed by atoms with Gasteiger partial charge in [0.1, 0.15) is 0 Å². The van der Waals surface area contributed by atoms with E-state index >= 15 is 0 Å². The highest BCUT2D eigenvalue weighted by Crippen LogP contribution is 2.20. The molecule has 1 aliphatic rings. The van der Waals surface area contributed by atoms with E-state index in [9.17, 15) is 13.2 Å². The number of hydrogen-bond acceptors (Lipinski definition) is 4. The maximum absolute atomic E-state index is 12.5. The lowest BCUT2D eigenvalue weighted by molar-refractivity contribution is 0.0773. The van der Waals surface area contributed by atoms with Gasteiger partial charge in [-0.05, 0) is 63.8 Å². The van der Waals surface area contributed by atoms with Crippen LogP contribution in [0.1, 0.15) is 49.9 Å². The number of carbonyl (C=O) groups is 1. The first kappa shape index (κ1) is 21.9. The molecule has 1 aromatic rings. The summed E-state index contributed by atoms with van der Waals surface area (Å²) in [6.45, 7) is 5.09. The number of amides is 1. The fraction of sp³-hybridized carbons (Fsp3) is 0.588. The highest BCUT2D eigenvalue weighted by atomic mass is 35.5. The fourth-order valence-corrected chi connectivity index (χ4v) is 4.30. The minimum absolute atomic E-state index is 0. The molecule has 0 heterocycles. The average molecular weight is 390 g/mol. The van der Waals surface area contributed by atoms with Crippen LogP contribution in [0.3, 0.4) is 0 Å². The molecule has 1 fully saturated rings. The molecule has 0 saturated heterocycles. The molecule has 0 bridgehead atoms. The predicted molar refractivity (Wildman–Crippen MR) is 101 cm³/mol. The van der Waals surface area contributed by atoms with Crippen LogP contribution in [-0.2, 0) is 10.0 Å². The van der Waals surface area contributed by atoms with Gasteiger partial charge in [-0.15, -0.1) is 12.4 Å². The van der Waals surface area contributed by atoms with Crippen LogP contribution in [0.25, 0.3) is 0 Å². The third-order valence-corrected chi connectivity index (χ3v) is 6.09. The van der Waals surface area contributed by atoms with Crippen molar-refractivity contribution in [3.63, 3.8) is 0 Å². The van der Waals surface area contributed by atoms with Crippen molar-refractivity contribution < 1.29 is 13.2 Å². The zero-order chi connectivity index (χ0) is 17.7. The van der Waals surface area contributed by atoms with E-state index in [-0.39, 0.29) is 35.3 Å². The zero-order valence-corrected chi connectivity index (χ0v) is 16.4. The molecule has 1 aromatic carbocycles. The van der Waals surface area contributed by atoms with Crippen LogP contribution in [0.15, 0.2) is 29.2 Å². The van der Waals surface area contributed by atoms with Crippen LogP contribution < -0.4 is 10.5 Å². The quantitative estimate of drug-likeness (QED) is 0.779. The molecular formula is C17H28ClN3O3S. The van der Waals surface area contributed by atoms with Gasteiger partial charge in [0.15, 0.2) is 0 Å². The Morgan fingerprint density at radius 2 is 1.64 bits per heavy atom. The molecular weight excluding hydrogens is 362 g/mol. The molecule has 142 valence electrons. The maximum atomic E-state index is 12.5. The molecule has 0 spiro atoms. The van der Waals surface area contributed by atoms with Crippen LogP contribution in [0.2, 0.25) is 0 Å². The summed E-state index contributed by atoms with van der Waals surface area (Å²) in [4.78, 5) is 14.2. The molecule has 8 heteroatoms. The first-order valence-corrected chi connectivity index (χ1v) is 10.0. The number of sulfonamides is 1. The molecule has 25 heavy (non-hydrogen) atoms. The summed E-state index contributed by atoms with van der Waals surface area (Å²) in [5, 5.41) is 0. The van der Waals surface area contributed by atoms with Gasteiger partial charge in [0.05, 0.1) is 4.90 Å². The second-order valence-corrected chi connectivity index (χ2v) is 7.95. The van der Waals surface area contributed by atoms with Crippen LogP contribution in [0.4, 0.5) is 0 Å². The molecule has 0 radical (unpaired) electrons. The molecule has 2 rings (SSSR count). The second-order valence-electron chi connectivity index (χ2n) is 6.23. The van der Waals surface area contributed by atoms with Crippen molar-refractivity contribution in [1.29, 1.82) is 0 Å². The van der Waals surface area contributed by atoms with Gasteiger partial charge in [-0.25, -0.2) is 13.1 Å². The summed E-state index contributed by atoms with van der Waals surface area (Å²) in [6, 6.07) is 6.25. The molecule has 3 N–H and O–H groups in total. The Bertz CT molecular complexity index is 652. The van der Waals surface area contributed by atoms with E-state index in [0.717, 1.165) is 25.7 Å². The van der Waals surface area contributed by atoms with Gasteiger partial charge in [0.25, 0.3) is 5.91 Å². The van der Waals surface area contributed by atoms with Crippen molar-refractivity contribution >= 4 is 28.3 Å². The van der Waals surface area contributed by atoms with Crippen molar-refractivity contribution in [3.05, 3.63) is 29.8 Å². The smallest absolute Gasteiger partial charge is 0.253 e. The Balaban J connectivity index is 0.00000312. The summed E-state index contributed by atoms with van der Waals surface area (Å²) < 4.78 is 27.7. The maximum Gasteiger partial charge on any atom is 0.253 e. The van der Waals surface area contributed by atoms with E-state index in [0.29, 0.717) is 18.7 Å². The monoisotopic (exact) mass is 389 g/mol. The fourth-order valence-electron chi connectivity index (χ4n) is 2.99. The Hall–Kier alpha value is -1.15. The van der Waals surface area contributed by atoms with Crippen molar-refractivity contribution in [1.82, 2.24) is 9.62 Å². The lowest BCUT2D eigenvalue weighted by Crippen LogP contribution is -2.40. The van der Waals surface area contributed by atoms with Crippen molar-refractivity contribution in [2.45, 2.75) is 56.5 Å². The van der Waals surface area contributed by atoms with E-state index in [4.69, 9.17) is 5.73 Å². The Morgan fingerprint density at radius 1 is 1.12 bits per heavy atom. The Morgan fingerprint density at radius 3 is 2.12 bits per heavy atom. The summed E-state index contributed by atoms with van der Waals surface area (Å²) in [7, 11) is -3.57. The number of carbonyl (C=O) groups excluding carboxylic acids is 1. The molecule has 1 amide bonds. The molecule has 1 saturated carbocycles. The van der Waals surface area contributed by atoms with E-state index in [1.165, 1.54) is 12.1 Å². The topological polar surface area (TPSA) is 92.5 Å². The Labute approximate surface area is 156 Å². The van der Waals surface area contributed by atoms with Crippen molar-refractivity contribution in [2.75, 3.05) is 13.1 Å². The van der Waals surface area contributed by atoms with Crippen LogP contribution >= 0.6 is 12.4 Å². The van der Waals surface area contributed by atoms with Gasteiger partial charge >= 0.3 is 0 Å². The van der Waals surface area contributed by atoms with Gasteiger partial charge < -0.3 is 10.6 Å². The number of benzene rings is 1. The lowest BCUT2D eigenvalue weighted by Gasteiger charge is -2.26. The van der Waals surface area contributed by atoms with Crippen LogP contribution in [0.5, 0.6) is 0 Å². The Kier molecular flexibility index (Phi) is 8.34.